The van der Waals surface area contributed by atoms with Gasteiger partial charge >= 0.3 is 11.9 Å². The van der Waals surface area contributed by atoms with Crippen molar-refractivity contribution in [2.45, 2.75) is 111 Å². The molecule has 12 rings (SSSR count). The predicted molar refractivity (Wildman–Crippen MR) is 234 cm³/mol. The van der Waals surface area contributed by atoms with Crippen LogP contribution in [0.25, 0.3) is 0 Å². The molecule has 0 amide bonds. The Morgan fingerprint density at radius 1 is 0.627 bits per heavy atom. The van der Waals surface area contributed by atoms with Crippen LogP contribution >= 0.6 is 70.2 Å². The van der Waals surface area contributed by atoms with Gasteiger partial charge in [-0.3, -0.25) is 9.59 Å². The lowest BCUT2D eigenvalue weighted by atomic mass is 9.64. The molecule has 14 atom stereocenters. The Labute approximate surface area is 373 Å². The molecule has 4 aliphatic carbocycles. The van der Waals surface area contributed by atoms with Crippen molar-refractivity contribution < 1.29 is 48.3 Å². The summed E-state index contributed by atoms with van der Waals surface area (Å²) in [6.45, 7) is 12.2. The molecule has 12 aliphatic rings. The molecule has 0 aromatic rings. The van der Waals surface area contributed by atoms with Crippen LogP contribution in [0.4, 0.5) is 0 Å². The highest BCUT2D eigenvalue weighted by Crippen LogP contribution is 2.66. The lowest BCUT2D eigenvalue weighted by Crippen LogP contribution is -2.63. The Hall–Kier alpha value is -1.26. The normalized spacial score (nSPS) is 45.6. The fourth-order valence-electron chi connectivity index (χ4n) is 11.6. The van der Waals surface area contributed by atoms with Gasteiger partial charge in [0.2, 0.25) is 0 Å². The molecule has 2 N–H and O–H groups in total. The van der Waals surface area contributed by atoms with Gasteiger partial charge in [0, 0.05) is 47.7 Å². The fraction of sp³-hybridized carbons (Fsp3) is 0.721. The number of ketones is 2. The summed E-state index contributed by atoms with van der Waals surface area (Å²) in [5.74, 6) is 3.87. The van der Waals surface area contributed by atoms with Crippen molar-refractivity contribution in [1.82, 2.24) is 0 Å². The lowest BCUT2D eigenvalue weighted by Gasteiger charge is -2.54. The molecule has 59 heavy (non-hydrogen) atoms. The molecule has 0 aromatic carbocycles. The van der Waals surface area contributed by atoms with Crippen molar-refractivity contribution in [1.29, 1.82) is 0 Å². The summed E-state index contributed by atoms with van der Waals surface area (Å²) in [6, 6.07) is 0. The smallest absolute Gasteiger partial charge is 0.340 e. The first-order chi connectivity index (χ1) is 28.0. The number of ether oxygens (including phenoxy) is 4. The largest absolute Gasteiger partial charge is 0.487 e. The Bertz CT molecular complexity index is 1760. The van der Waals surface area contributed by atoms with Crippen molar-refractivity contribution in [2.75, 3.05) is 28.4 Å². The zero-order valence-electron chi connectivity index (χ0n) is 34.2. The molecule has 6 saturated heterocycles. The Morgan fingerprint density at radius 2 is 0.966 bits per heavy atom. The molecule has 0 unspecified atom stereocenters. The van der Waals surface area contributed by atoms with Gasteiger partial charge in [-0.05, 0) is 48.7 Å². The first-order valence-corrected chi connectivity index (χ1v) is 25.8. The van der Waals surface area contributed by atoms with Crippen LogP contribution in [0.1, 0.15) is 67.2 Å². The maximum absolute atomic E-state index is 13.3. The molecule has 10 bridgehead atoms. The molecule has 324 valence electrons. The number of aliphatic hydroxyl groups excluding tert-OH is 2. The summed E-state index contributed by atoms with van der Waals surface area (Å²) in [7, 11) is 0. The molecule has 10 nitrogen and oxygen atoms in total. The van der Waals surface area contributed by atoms with Crippen LogP contribution in [0.2, 0.25) is 0 Å². The third-order valence-electron chi connectivity index (χ3n) is 14.3. The SMILES string of the molecule is C[C@@H]1C[C@]23OC(=O)C4=C2O[C@H]1[C@H](O)[C@H]3/C=C/C(=O)[C@@H](C)C[C@@H](C)C41SCCS1.C[C@@H]1C[C@]23OC(=O)C4=C2O[C@H]1[C@H](O)[C@H]3/C=C/C(=O)[C@@H](C)C[C@@H](C)C41SCCS1.ClCCl. The topological polar surface area (TPSA) is 146 Å². The van der Waals surface area contributed by atoms with E-state index in [-0.39, 0.29) is 76.6 Å². The van der Waals surface area contributed by atoms with Crippen LogP contribution in [0.15, 0.2) is 47.0 Å². The standard InChI is InChI=1S/2C21H26O5S2.CH2Cl2/c2*1-10-8-12(3)21(27-6-7-28-21)15-18-20(26-19(15)24)9-11(2)17(25-18)16(23)13(20)4-5-14(10)22;2-1-3/h2*4-5,10-13,16-17,23H,6-9H2,1-3H3;1H2/b2*5-4+;/t2*10-,11+,12+,13+,16+,17+,20+;/m00./s1. The van der Waals surface area contributed by atoms with E-state index in [9.17, 15) is 29.4 Å². The number of alkyl halides is 2. The third-order valence-corrected chi connectivity index (χ3v) is 22.0. The van der Waals surface area contributed by atoms with E-state index in [0.29, 0.717) is 48.3 Å². The van der Waals surface area contributed by atoms with Crippen molar-refractivity contribution in [2.24, 2.45) is 47.3 Å². The van der Waals surface area contributed by atoms with Crippen molar-refractivity contribution in [3.8, 4) is 0 Å². The second-order valence-corrected chi connectivity index (χ2v) is 24.6. The first kappa shape index (κ1) is 44.4. The highest BCUT2D eigenvalue weighted by atomic mass is 35.5. The van der Waals surface area contributed by atoms with Gasteiger partial charge < -0.3 is 29.2 Å². The quantitative estimate of drug-likeness (QED) is 0.185. The molecular formula is C43H54Cl2O10S4. The maximum atomic E-state index is 13.3. The zero-order valence-corrected chi connectivity index (χ0v) is 38.9. The number of hydrogen-bond donors (Lipinski definition) is 2. The monoisotopic (exact) mass is 928 g/mol. The van der Waals surface area contributed by atoms with Crippen LogP contribution in [-0.2, 0) is 38.1 Å². The summed E-state index contributed by atoms with van der Waals surface area (Å²) in [4.78, 5) is 52.1. The van der Waals surface area contributed by atoms with Gasteiger partial charge in [-0.1, -0.05) is 53.7 Å². The Morgan fingerprint density at radius 3 is 1.31 bits per heavy atom. The number of rotatable bonds is 0. The van der Waals surface area contributed by atoms with Crippen LogP contribution in [0.5, 0.6) is 0 Å². The number of allylic oxidation sites excluding steroid dienone is 2. The minimum Gasteiger partial charge on any atom is -0.487 e. The van der Waals surface area contributed by atoms with Crippen LogP contribution < -0.4 is 0 Å². The number of fused-ring (bicyclic) bond motifs is 4. The maximum Gasteiger partial charge on any atom is 0.340 e. The molecule has 8 heterocycles. The van der Waals surface area contributed by atoms with Gasteiger partial charge in [0.1, 0.15) is 35.6 Å². The second kappa shape index (κ2) is 16.4. The van der Waals surface area contributed by atoms with E-state index in [1.54, 1.807) is 71.4 Å². The van der Waals surface area contributed by atoms with E-state index < -0.39 is 43.4 Å². The summed E-state index contributed by atoms with van der Waals surface area (Å²) >= 11 is 16.7. The second-order valence-electron chi connectivity index (χ2n) is 18.0. The number of aliphatic hydroxyl groups is 2. The van der Waals surface area contributed by atoms with Gasteiger partial charge in [-0.2, -0.15) is 0 Å². The van der Waals surface area contributed by atoms with Gasteiger partial charge in [-0.25, -0.2) is 9.59 Å². The number of halogens is 2. The number of carbonyl (C=O) groups excluding carboxylic acids is 4. The predicted octanol–water partition coefficient (Wildman–Crippen LogP) is 7.28. The molecule has 0 aromatic heterocycles. The molecule has 16 heteroatoms. The number of hydrogen-bond acceptors (Lipinski definition) is 14. The van der Waals surface area contributed by atoms with Crippen molar-refractivity contribution >= 4 is 93.8 Å². The van der Waals surface area contributed by atoms with Crippen LogP contribution in [-0.4, -0.2) is 106 Å². The summed E-state index contributed by atoms with van der Waals surface area (Å²) in [5.41, 5.74) is -0.672. The van der Waals surface area contributed by atoms with E-state index in [4.69, 9.17) is 42.1 Å². The van der Waals surface area contributed by atoms with E-state index in [1.165, 1.54) is 0 Å². The molecule has 0 radical (unpaired) electrons. The van der Waals surface area contributed by atoms with Crippen molar-refractivity contribution in [3.63, 3.8) is 0 Å². The average molecular weight is 930 g/mol. The van der Waals surface area contributed by atoms with E-state index in [0.717, 1.165) is 23.0 Å². The summed E-state index contributed by atoms with van der Waals surface area (Å²) in [5, 5.41) is 22.2. The van der Waals surface area contributed by atoms with E-state index in [2.05, 4.69) is 13.8 Å². The average Bonchev–Trinajstić information content (AvgIpc) is 3.97. The first-order valence-electron chi connectivity index (χ1n) is 20.8. The van der Waals surface area contributed by atoms with Crippen LogP contribution in [0.3, 0.4) is 0 Å². The van der Waals surface area contributed by atoms with Gasteiger partial charge in [0.05, 0.1) is 25.3 Å². The number of carbonyl (C=O) groups is 4. The minimum atomic E-state index is -0.985. The molecular weight excluding hydrogens is 876 g/mol. The summed E-state index contributed by atoms with van der Waals surface area (Å²) < 4.78 is 23.9. The third kappa shape index (κ3) is 6.75. The van der Waals surface area contributed by atoms with Gasteiger partial charge in [-0.15, -0.1) is 70.2 Å². The molecule has 8 fully saturated rings. The highest BCUT2D eigenvalue weighted by molar-refractivity contribution is 8.22. The van der Waals surface area contributed by atoms with Crippen molar-refractivity contribution in [3.05, 3.63) is 47.0 Å². The summed E-state index contributed by atoms with van der Waals surface area (Å²) in [6.07, 6.45) is 7.05. The highest BCUT2D eigenvalue weighted by Gasteiger charge is 2.71. The minimum absolute atomic E-state index is 0.0738. The van der Waals surface area contributed by atoms with Crippen LogP contribution in [0, 0.1) is 47.3 Å². The Balaban J connectivity index is 0.000000154. The number of esters is 2. The molecule has 4 spiro atoms. The number of thioether (sulfide) groups is 4. The zero-order chi connectivity index (χ0) is 42.4. The Kier molecular flexibility index (Phi) is 12.3. The van der Waals surface area contributed by atoms with Gasteiger partial charge in [0.15, 0.2) is 34.3 Å². The molecule has 2 saturated carbocycles. The lowest BCUT2D eigenvalue weighted by molar-refractivity contribution is -0.221. The van der Waals surface area contributed by atoms with E-state index >= 15 is 0 Å². The van der Waals surface area contributed by atoms with Gasteiger partial charge in [0.25, 0.3) is 0 Å². The van der Waals surface area contributed by atoms with E-state index in [1.807, 2.05) is 27.7 Å². The fourth-order valence-corrected chi connectivity index (χ4v) is 18.6. The molecule has 8 aliphatic heterocycles.